The maximum absolute atomic E-state index is 11.4. The molecular formula is C19H32O8. The van der Waals surface area contributed by atoms with E-state index in [4.69, 9.17) is 14.2 Å². The van der Waals surface area contributed by atoms with Gasteiger partial charge in [0.25, 0.3) is 0 Å². The summed E-state index contributed by atoms with van der Waals surface area (Å²) in [4.78, 5) is 11.4. The van der Waals surface area contributed by atoms with Crippen molar-refractivity contribution in [2.75, 3.05) is 13.2 Å². The summed E-state index contributed by atoms with van der Waals surface area (Å²) in [6.45, 7) is 5.86. The number of rotatable bonds is 6. The molecule has 2 aliphatic heterocycles. The third-order valence-electron chi connectivity index (χ3n) is 6.60. The summed E-state index contributed by atoms with van der Waals surface area (Å²) in [6.07, 6.45) is -4.08. The highest BCUT2D eigenvalue weighted by Gasteiger charge is 2.59. The molecule has 1 aliphatic carbocycles. The first-order chi connectivity index (χ1) is 12.6. The molecule has 9 atom stereocenters. The van der Waals surface area contributed by atoms with Crippen LogP contribution in [-0.4, -0.2) is 81.8 Å². The number of ketones is 1. The molecule has 1 saturated carbocycles. The van der Waals surface area contributed by atoms with Crippen LogP contribution >= 0.6 is 0 Å². The number of ether oxygens (including phenoxy) is 3. The molecule has 8 nitrogen and oxygen atoms in total. The number of fused-ring (bicyclic) bond motifs is 2. The summed E-state index contributed by atoms with van der Waals surface area (Å²) in [7, 11) is 0. The number of hydrogen-bond donors (Lipinski definition) is 4. The molecule has 0 amide bonds. The highest BCUT2D eigenvalue weighted by molar-refractivity contribution is 5.75. The molecule has 0 aromatic heterocycles. The zero-order valence-electron chi connectivity index (χ0n) is 16.2. The molecule has 4 N–H and O–H groups in total. The van der Waals surface area contributed by atoms with Gasteiger partial charge in [-0.3, -0.25) is 0 Å². The Morgan fingerprint density at radius 3 is 2.44 bits per heavy atom. The predicted molar refractivity (Wildman–Crippen MR) is 93.7 cm³/mol. The highest BCUT2D eigenvalue weighted by atomic mass is 16.7. The summed E-state index contributed by atoms with van der Waals surface area (Å²) in [6, 6.07) is 0. The Kier molecular flexibility index (Phi) is 5.99. The first-order valence-corrected chi connectivity index (χ1v) is 9.69. The monoisotopic (exact) mass is 388 g/mol. The average Bonchev–Trinajstić information content (AvgIpc) is 2.74. The van der Waals surface area contributed by atoms with E-state index in [1.54, 1.807) is 6.92 Å². The van der Waals surface area contributed by atoms with Crippen molar-refractivity contribution in [2.24, 2.45) is 11.3 Å². The maximum atomic E-state index is 11.4. The lowest BCUT2D eigenvalue weighted by Crippen LogP contribution is -2.60. The van der Waals surface area contributed by atoms with Crippen LogP contribution in [0.4, 0.5) is 0 Å². The second-order valence-electron chi connectivity index (χ2n) is 8.91. The van der Waals surface area contributed by atoms with Crippen molar-refractivity contribution in [3.63, 3.8) is 0 Å². The zero-order valence-corrected chi connectivity index (χ0v) is 16.2. The summed E-state index contributed by atoms with van der Waals surface area (Å²) in [5.41, 5.74) is -0.581. The maximum Gasteiger partial charge on any atom is 0.186 e. The lowest BCUT2D eigenvalue weighted by atomic mass is 9.61. The van der Waals surface area contributed by atoms with E-state index in [9.17, 15) is 25.2 Å². The van der Waals surface area contributed by atoms with E-state index >= 15 is 0 Å². The lowest BCUT2D eigenvalue weighted by molar-refractivity contribution is -0.317. The van der Waals surface area contributed by atoms with E-state index < -0.39 is 42.9 Å². The average molecular weight is 388 g/mol. The minimum Gasteiger partial charge on any atom is -0.394 e. The zero-order chi connectivity index (χ0) is 20.0. The molecule has 0 aromatic carbocycles. The Labute approximate surface area is 159 Å². The fourth-order valence-electron chi connectivity index (χ4n) is 5.18. The number of hydrogen-bond acceptors (Lipinski definition) is 8. The lowest BCUT2D eigenvalue weighted by Gasteiger charge is -2.47. The van der Waals surface area contributed by atoms with Gasteiger partial charge in [0.2, 0.25) is 0 Å². The SMILES string of the molecule is CC(=O)CCC1C2(C)COC1(C)CC(OC1OC(CO)C(O)C(O)C1O)C2. The third-order valence-corrected chi connectivity index (χ3v) is 6.60. The minimum atomic E-state index is -1.45. The Bertz CT molecular complexity index is 534. The van der Waals surface area contributed by atoms with E-state index in [2.05, 4.69) is 6.92 Å². The summed E-state index contributed by atoms with van der Waals surface area (Å²) >= 11 is 0. The van der Waals surface area contributed by atoms with E-state index in [0.29, 0.717) is 25.9 Å². The topological polar surface area (TPSA) is 126 Å². The predicted octanol–water partition coefficient (Wildman–Crippen LogP) is -0.254. The van der Waals surface area contributed by atoms with Gasteiger partial charge in [0, 0.05) is 12.8 Å². The molecule has 3 fully saturated rings. The van der Waals surface area contributed by atoms with Gasteiger partial charge in [-0.25, -0.2) is 0 Å². The number of Topliss-reactive ketones (excluding diaryl/α,β-unsaturated/α-hetero) is 1. The Morgan fingerprint density at radius 2 is 1.85 bits per heavy atom. The van der Waals surface area contributed by atoms with Gasteiger partial charge in [-0.1, -0.05) is 6.92 Å². The first-order valence-electron chi connectivity index (χ1n) is 9.69. The molecule has 8 heteroatoms. The van der Waals surface area contributed by atoms with Gasteiger partial charge in [-0.2, -0.15) is 0 Å². The van der Waals surface area contributed by atoms with E-state index in [1.165, 1.54) is 0 Å². The Hall–Kier alpha value is -0.610. The fourth-order valence-corrected chi connectivity index (χ4v) is 5.18. The molecule has 0 radical (unpaired) electrons. The van der Waals surface area contributed by atoms with Gasteiger partial charge in [-0.05, 0) is 38.0 Å². The molecular weight excluding hydrogens is 356 g/mol. The van der Waals surface area contributed by atoms with Crippen LogP contribution in [0.15, 0.2) is 0 Å². The standard InChI is InChI=1S/C19H32O8/c1-10(21)4-5-13-18(2)6-11(7-19(13,3)25-9-18)26-17-16(24)15(23)14(22)12(8-20)27-17/h11-17,20,22-24H,4-9H2,1-3H3. The van der Waals surface area contributed by atoms with E-state index in [1.807, 2.05) is 6.92 Å². The minimum absolute atomic E-state index is 0.152. The number of carbonyl (C=O) groups is 1. The van der Waals surface area contributed by atoms with Gasteiger partial charge < -0.3 is 39.4 Å². The van der Waals surface area contributed by atoms with Crippen molar-refractivity contribution in [2.45, 2.75) is 88.9 Å². The van der Waals surface area contributed by atoms with E-state index in [0.717, 1.165) is 6.42 Å². The van der Waals surface area contributed by atoms with Crippen LogP contribution in [0.2, 0.25) is 0 Å². The largest absolute Gasteiger partial charge is 0.394 e. The molecule has 2 saturated heterocycles. The second kappa shape index (κ2) is 7.67. The molecule has 2 heterocycles. The molecule has 2 bridgehead atoms. The highest BCUT2D eigenvalue weighted by Crippen LogP contribution is 2.56. The molecule has 0 aromatic rings. The summed E-state index contributed by atoms with van der Waals surface area (Å²) < 4.78 is 17.6. The fraction of sp³-hybridized carbons (Fsp3) is 0.947. The van der Waals surface area contributed by atoms with Crippen molar-refractivity contribution in [3.05, 3.63) is 0 Å². The van der Waals surface area contributed by atoms with Gasteiger partial charge in [0.15, 0.2) is 6.29 Å². The van der Waals surface area contributed by atoms with Crippen LogP contribution < -0.4 is 0 Å². The molecule has 27 heavy (non-hydrogen) atoms. The van der Waals surface area contributed by atoms with Crippen LogP contribution in [0.1, 0.15) is 46.5 Å². The van der Waals surface area contributed by atoms with Gasteiger partial charge in [-0.15, -0.1) is 0 Å². The van der Waals surface area contributed by atoms with Crippen molar-refractivity contribution < 1.29 is 39.4 Å². The number of aliphatic hydroxyl groups excluding tert-OH is 4. The molecule has 3 rings (SSSR count). The van der Waals surface area contributed by atoms with E-state index in [-0.39, 0.29) is 23.2 Å². The quantitative estimate of drug-likeness (QED) is 0.491. The first kappa shape index (κ1) is 21.1. The van der Waals surface area contributed by atoms with Crippen LogP contribution in [0.5, 0.6) is 0 Å². The molecule has 0 spiro atoms. The second-order valence-corrected chi connectivity index (χ2v) is 8.91. The Morgan fingerprint density at radius 1 is 1.15 bits per heavy atom. The smallest absolute Gasteiger partial charge is 0.186 e. The van der Waals surface area contributed by atoms with Gasteiger partial charge >= 0.3 is 0 Å². The molecule has 156 valence electrons. The van der Waals surface area contributed by atoms with Crippen molar-refractivity contribution in [3.8, 4) is 0 Å². The Balaban J connectivity index is 1.69. The van der Waals surface area contributed by atoms with Crippen LogP contribution in [-0.2, 0) is 19.0 Å². The third kappa shape index (κ3) is 3.94. The van der Waals surface area contributed by atoms with Crippen LogP contribution in [0, 0.1) is 11.3 Å². The summed E-state index contributed by atoms with van der Waals surface area (Å²) in [5, 5.41) is 39.4. The number of aliphatic hydroxyl groups is 4. The van der Waals surface area contributed by atoms with Crippen molar-refractivity contribution in [1.82, 2.24) is 0 Å². The number of carbonyl (C=O) groups excluding carboxylic acids is 1. The van der Waals surface area contributed by atoms with Gasteiger partial charge in [0.05, 0.1) is 24.9 Å². The summed E-state index contributed by atoms with van der Waals surface area (Å²) in [5.74, 6) is 0.407. The van der Waals surface area contributed by atoms with Crippen molar-refractivity contribution in [1.29, 1.82) is 0 Å². The van der Waals surface area contributed by atoms with Crippen molar-refractivity contribution >= 4 is 5.78 Å². The molecule has 3 aliphatic rings. The van der Waals surface area contributed by atoms with Gasteiger partial charge in [0.1, 0.15) is 30.2 Å². The van der Waals surface area contributed by atoms with Crippen LogP contribution in [0.3, 0.4) is 0 Å². The van der Waals surface area contributed by atoms with Crippen LogP contribution in [0.25, 0.3) is 0 Å². The normalized spacial score (nSPS) is 50.0. The molecule has 9 unspecified atom stereocenters.